The van der Waals surface area contributed by atoms with Crippen LogP contribution in [0.25, 0.3) is 0 Å². The summed E-state index contributed by atoms with van der Waals surface area (Å²) in [6, 6.07) is 9.78. The van der Waals surface area contributed by atoms with Gasteiger partial charge >= 0.3 is 5.97 Å². The Balaban J connectivity index is 1.90. The maximum absolute atomic E-state index is 12.0. The Morgan fingerprint density at radius 1 is 1.18 bits per heavy atom. The minimum absolute atomic E-state index is 0.348. The van der Waals surface area contributed by atoms with Crippen LogP contribution in [0, 0.1) is 0 Å². The van der Waals surface area contributed by atoms with E-state index in [-0.39, 0.29) is 5.76 Å². The van der Waals surface area contributed by atoms with E-state index in [0.717, 1.165) is 24.4 Å². The summed E-state index contributed by atoms with van der Waals surface area (Å²) in [6.45, 7) is 6.56. The highest BCUT2D eigenvalue weighted by atomic mass is 32.2. The summed E-state index contributed by atoms with van der Waals surface area (Å²) < 4.78 is 31.9. The van der Waals surface area contributed by atoms with E-state index in [1.165, 1.54) is 0 Å². The molecule has 0 bridgehead atoms. The van der Waals surface area contributed by atoms with Gasteiger partial charge in [0.05, 0.1) is 0 Å². The number of nitrogens with zero attached hydrogens (tertiary/aromatic N) is 1. The molecule has 152 valence electrons. The molecule has 0 aliphatic carbocycles. The van der Waals surface area contributed by atoms with Gasteiger partial charge < -0.3 is 19.4 Å². The standard InChI is InChI=1S/C18H23N3O6S/c1-4-21(12(2)3)14-7-5-13(6-8-14)20-16(22)11-26-18(23)15-9-10-17(27-15)28(19,24)25/h5-10,12H,4,11H2,1-3H3,(H,20,22)(H2,19,24,25). The van der Waals surface area contributed by atoms with Gasteiger partial charge in [-0.05, 0) is 57.2 Å². The average Bonchev–Trinajstić information content (AvgIpc) is 3.12. The van der Waals surface area contributed by atoms with Crippen molar-refractivity contribution in [1.29, 1.82) is 0 Å². The van der Waals surface area contributed by atoms with Crippen molar-refractivity contribution >= 4 is 33.3 Å². The van der Waals surface area contributed by atoms with Crippen molar-refractivity contribution in [1.82, 2.24) is 0 Å². The Hall–Kier alpha value is -2.85. The number of carbonyl (C=O) groups is 2. The van der Waals surface area contributed by atoms with Gasteiger partial charge in [0.15, 0.2) is 6.61 Å². The molecule has 1 aromatic carbocycles. The van der Waals surface area contributed by atoms with Crippen molar-refractivity contribution in [2.24, 2.45) is 5.14 Å². The van der Waals surface area contributed by atoms with Crippen LogP contribution in [0.2, 0.25) is 0 Å². The number of nitrogens with one attached hydrogen (secondary N) is 1. The number of furan rings is 1. The van der Waals surface area contributed by atoms with Crippen LogP contribution < -0.4 is 15.4 Å². The number of ether oxygens (including phenoxy) is 1. The third-order valence-corrected chi connectivity index (χ3v) is 4.62. The van der Waals surface area contributed by atoms with E-state index >= 15 is 0 Å². The fourth-order valence-electron chi connectivity index (χ4n) is 2.56. The Morgan fingerprint density at radius 3 is 2.32 bits per heavy atom. The molecule has 9 nitrogen and oxygen atoms in total. The van der Waals surface area contributed by atoms with Gasteiger partial charge in [0.1, 0.15) is 0 Å². The fourth-order valence-corrected chi connectivity index (χ4v) is 3.03. The van der Waals surface area contributed by atoms with E-state index in [4.69, 9.17) is 14.3 Å². The fraction of sp³-hybridized carbons (Fsp3) is 0.333. The molecule has 2 rings (SSSR count). The molecule has 0 aliphatic heterocycles. The second-order valence-corrected chi connectivity index (χ2v) is 7.71. The molecule has 10 heteroatoms. The number of hydrogen-bond acceptors (Lipinski definition) is 7. The Kier molecular flexibility index (Phi) is 6.81. The summed E-state index contributed by atoms with van der Waals surface area (Å²) in [5.41, 5.74) is 1.59. The summed E-state index contributed by atoms with van der Waals surface area (Å²) >= 11 is 0. The van der Waals surface area contributed by atoms with Crippen molar-refractivity contribution in [3.05, 3.63) is 42.2 Å². The number of esters is 1. The van der Waals surface area contributed by atoms with E-state index in [9.17, 15) is 18.0 Å². The van der Waals surface area contributed by atoms with Crippen LogP contribution in [-0.4, -0.2) is 39.5 Å². The summed E-state index contributed by atoms with van der Waals surface area (Å²) in [7, 11) is -4.06. The zero-order valence-electron chi connectivity index (χ0n) is 15.8. The van der Waals surface area contributed by atoms with E-state index in [1.54, 1.807) is 12.1 Å². The number of primary sulfonamides is 1. The van der Waals surface area contributed by atoms with Crippen molar-refractivity contribution in [2.45, 2.75) is 31.9 Å². The largest absolute Gasteiger partial charge is 0.450 e. The van der Waals surface area contributed by atoms with Gasteiger partial charge in [0, 0.05) is 24.0 Å². The van der Waals surface area contributed by atoms with Crippen molar-refractivity contribution < 1.29 is 27.2 Å². The maximum Gasteiger partial charge on any atom is 0.374 e. The first-order valence-corrected chi connectivity index (χ1v) is 10.1. The quantitative estimate of drug-likeness (QED) is 0.637. The molecule has 1 aromatic heterocycles. The average molecular weight is 409 g/mol. The highest BCUT2D eigenvalue weighted by Crippen LogP contribution is 2.20. The normalized spacial score (nSPS) is 11.3. The molecule has 2 aromatic rings. The van der Waals surface area contributed by atoms with Crippen LogP contribution in [-0.2, 0) is 19.6 Å². The lowest BCUT2D eigenvalue weighted by Gasteiger charge is -2.27. The lowest BCUT2D eigenvalue weighted by Crippen LogP contribution is -2.30. The monoisotopic (exact) mass is 409 g/mol. The number of sulfonamides is 1. The lowest BCUT2D eigenvalue weighted by molar-refractivity contribution is -0.119. The van der Waals surface area contributed by atoms with Gasteiger partial charge in [-0.3, -0.25) is 4.79 Å². The van der Waals surface area contributed by atoms with Crippen LogP contribution in [0.4, 0.5) is 11.4 Å². The maximum atomic E-state index is 12.0. The number of carbonyl (C=O) groups excluding carboxylic acids is 2. The molecule has 0 atom stereocenters. The Morgan fingerprint density at radius 2 is 1.82 bits per heavy atom. The number of nitrogens with two attached hydrogens (primary N) is 1. The minimum Gasteiger partial charge on any atom is -0.450 e. The first-order valence-electron chi connectivity index (χ1n) is 8.58. The molecule has 0 fully saturated rings. The number of rotatable bonds is 8. The second-order valence-electron chi connectivity index (χ2n) is 6.21. The van der Waals surface area contributed by atoms with Crippen LogP contribution in [0.3, 0.4) is 0 Å². The summed E-state index contributed by atoms with van der Waals surface area (Å²) in [4.78, 5) is 26.0. The van der Waals surface area contributed by atoms with Gasteiger partial charge in [-0.15, -0.1) is 0 Å². The Bertz CT molecular complexity index is 934. The third kappa shape index (κ3) is 5.57. The van der Waals surface area contributed by atoms with E-state index in [1.807, 2.05) is 12.1 Å². The van der Waals surface area contributed by atoms with Crippen molar-refractivity contribution in [3.8, 4) is 0 Å². The van der Waals surface area contributed by atoms with Gasteiger partial charge in [0.25, 0.3) is 15.9 Å². The van der Waals surface area contributed by atoms with Gasteiger partial charge in [-0.25, -0.2) is 18.4 Å². The molecule has 3 N–H and O–H groups in total. The highest BCUT2D eigenvalue weighted by molar-refractivity contribution is 7.89. The highest BCUT2D eigenvalue weighted by Gasteiger charge is 2.19. The van der Waals surface area contributed by atoms with Gasteiger partial charge in [0.2, 0.25) is 10.9 Å². The molecular weight excluding hydrogens is 386 g/mol. The summed E-state index contributed by atoms with van der Waals surface area (Å²) in [6.07, 6.45) is 0. The van der Waals surface area contributed by atoms with Crippen LogP contribution >= 0.6 is 0 Å². The van der Waals surface area contributed by atoms with Gasteiger partial charge in [-0.2, -0.15) is 0 Å². The predicted molar refractivity (Wildman–Crippen MR) is 104 cm³/mol. The van der Waals surface area contributed by atoms with E-state index in [0.29, 0.717) is 11.7 Å². The minimum atomic E-state index is -4.06. The molecule has 0 radical (unpaired) electrons. The van der Waals surface area contributed by atoms with Crippen LogP contribution in [0.1, 0.15) is 31.3 Å². The molecular formula is C18H23N3O6S. The Labute approximate surface area is 163 Å². The first kappa shape index (κ1) is 21.5. The topological polar surface area (TPSA) is 132 Å². The lowest BCUT2D eigenvalue weighted by atomic mass is 10.2. The molecule has 0 saturated carbocycles. The van der Waals surface area contributed by atoms with E-state index < -0.39 is 33.6 Å². The molecule has 0 aliphatic rings. The summed E-state index contributed by atoms with van der Waals surface area (Å²) in [5, 5.41) is 6.94. The number of anilines is 2. The first-order chi connectivity index (χ1) is 13.1. The second kappa shape index (κ2) is 8.89. The zero-order chi connectivity index (χ0) is 20.9. The number of benzene rings is 1. The number of hydrogen-bond donors (Lipinski definition) is 2. The smallest absolute Gasteiger partial charge is 0.374 e. The SMILES string of the molecule is CCN(c1ccc(NC(=O)COC(=O)c2ccc(S(N)(=O)=O)o2)cc1)C(C)C. The van der Waals surface area contributed by atoms with Gasteiger partial charge in [-0.1, -0.05) is 0 Å². The molecule has 0 spiro atoms. The van der Waals surface area contributed by atoms with Crippen molar-refractivity contribution in [3.63, 3.8) is 0 Å². The van der Waals surface area contributed by atoms with Crippen LogP contribution in [0.5, 0.6) is 0 Å². The number of amides is 1. The zero-order valence-corrected chi connectivity index (χ0v) is 16.7. The van der Waals surface area contributed by atoms with Crippen LogP contribution in [0.15, 0.2) is 45.9 Å². The predicted octanol–water partition coefficient (Wildman–Crippen LogP) is 1.96. The molecule has 0 saturated heterocycles. The molecule has 1 heterocycles. The molecule has 0 unspecified atom stereocenters. The molecule has 1 amide bonds. The third-order valence-electron chi connectivity index (χ3n) is 3.84. The summed E-state index contributed by atoms with van der Waals surface area (Å²) in [5.74, 6) is -1.89. The van der Waals surface area contributed by atoms with E-state index in [2.05, 4.69) is 31.0 Å². The molecule has 28 heavy (non-hydrogen) atoms. The van der Waals surface area contributed by atoms with Crippen molar-refractivity contribution in [2.75, 3.05) is 23.4 Å².